The molecule has 0 saturated heterocycles. The highest BCUT2D eigenvalue weighted by Gasteiger charge is 2.42. The molecule has 0 amide bonds. The van der Waals surface area contributed by atoms with Crippen LogP contribution < -0.4 is 15.4 Å². The molecule has 3 aliphatic carbocycles. The standard InChI is InChI=1S/C38H52ClN3S/c1-27(41-43-25-29-9-4-5-10-29)8-3-6-11-30-13-16-34(30)24-42-26-38(20-7-12-33-22-35(39)17-18-36(33)38)21-19-31-14-15-32(28(2)40)23-37(31)42/h3,6,14-15,17-18,22-23,27,29-30,34,41H,2,4-5,7-13,16,19-21,24-26,40H2,1H3/b6-3-. The zero-order valence-electron chi connectivity index (χ0n) is 26.3. The third kappa shape index (κ3) is 7.34. The van der Waals surface area contributed by atoms with Crippen LogP contribution in [-0.2, 0) is 18.3 Å². The molecule has 3 nitrogen and oxygen atoms in total. The Hall–Kier alpha value is -1.88. The minimum atomic E-state index is 0.176. The fourth-order valence-electron chi connectivity index (χ4n) is 8.37. The number of anilines is 1. The number of hydrogen-bond donors (Lipinski definition) is 2. The van der Waals surface area contributed by atoms with Crippen molar-refractivity contribution in [3.63, 3.8) is 0 Å². The van der Waals surface area contributed by atoms with Crippen molar-refractivity contribution >= 4 is 34.9 Å². The predicted molar refractivity (Wildman–Crippen MR) is 188 cm³/mol. The molecule has 0 radical (unpaired) electrons. The van der Waals surface area contributed by atoms with Crippen LogP contribution in [0.3, 0.4) is 0 Å². The second-order valence-electron chi connectivity index (χ2n) is 14.2. The van der Waals surface area contributed by atoms with Crippen LogP contribution in [0.15, 0.2) is 55.1 Å². The van der Waals surface area contributed by atoms with Crippen molar-refractivity contribution < 1.29 is 0 Å². The first-order valence-electron chi connectivity index (χ1n) is 17.0. The lowest BCUT2D eigenvalue weighted by atomic mass is 9.67. The minimum absolute atomic E-state index is 0.176. The van der Waals surface area contributed by atoms with Gasteiger partial charge in [0.25, 0.3) is 0 Å². The minimum Gasteiger partial charge on any atom is -0.399 e. The summed E-state index contributed by atoms with van der Waals surface area (Å²) in [5.74, 6) is 3.74. The molecule has 4 aliphatic rings. The molecule has 2 saturated carbocycles. The van der Waals surface area contributed by atoms with Gasteiger partial charge in [-0.3, -0.25) is 4.72 Å². The fourth-order valence-corrected chi connectivity index (χ4v) is 9.62. The topological polar surface area (TPSA) is 41.3 Å². The van der Waals surface area contributed by atoms with E-state index in [2.05, 4.69) is 71.7 Å². The summed E-state index contributed by atoms with van der Waals surface area (Å²) < 4.78 is 3.69. The Labute approximate surface area is 270 Å². The quantitative estimate of drug-likeness (QED) is 0.195. The van der Waals surface area contributed by atoms with E-state index in [0.29, 0.717) is 11.7 Å². The van der Waals surface area contributed by atoms with Crippen molar-refractivity contribution in [2.24, 2.45) is 23.5 Å². The molecule has 5 heteroatoms. The maximum absolute atomic E-state index is 6.47. The van der Waals surface area contributed by atoms with Crippen molar-refractivity contribution in [2.45, 2.75) is 102 Å². The number of rotatable bonds is 11. The van der Waals surface area contributed by atoms with E-state index in [4.69, 9.17) is 17.3 Å². The van der Waals surface area contributed by atoms with Gasteiger partial charge in [-0.25, -0.2) is 0 Å². The van der Waals surface area contributed by atoms with Gasteiger partial charge in [0.1, 0.15) is 0 Å². The zero-order valence-corrected chi connectivity index (χ0v) is 27.8. The van der Waals surface area contributed by atoms with Gasteiger partial charge in [0.15, 0.2) is 0 Å². The van der Waals surface area contributed by atoms with Crippen molar-refractivity contribution in [2.75, 3.05) is 23.7 Å². The third-order valence-corrected chi connectivity index (χ3v) is 12.5. The van der Waals surface area contributed by atoms with Crippen molar-refractivity contribution in [3.05, 3.63) is 82.4 Å². The van der Waals surface area contributed by atoms with Crippen LogP contribution in [0.1, 0.15) is 99.8 Å². The Bertz CT molecular complexity index is 1300. The Balaban J connectivity index is 1.12. The molecule has 4 unspecified atom stereocenters. The number of nitrogens with one attached hydrogen (secondary N) is 1. The maximum atomic E-state index is 6.47. The number of nitrogens with zero attached hydrogens (tertiary/aromatic N) is 1. The molecular formula is C38H52ClN3S. The summed E-state index contributed by atoms with van der Waals surface area (Å²) in [6, 6.07) is 14.0. The largest absolute Gasteiger partial charge is 0.399 e. The Morgan fingerprint density at radius 2 is 1.88 bits per heavy atom. The van der Waals surface area contributed by atoms with Crippen LogP contribution in [0.2, 0.25) is 5.02 Å². The average Bonchev–Trinajstić information content (AvgIpc) is 3.45. The van der Waals surface area contributed by atoms with Gasteiger partial charge in [-0.05, 0) is 136 Å². The zero-order chi connectivity index (χ0) is 29.8. The first kappa shape index (κ1) is 31.1. The molecule has 2 aromatic rings. The summed E-state index contributed by atoms with van der Waals surface area (Å²) in [5.41, 5.74) is 14.0. The number of halogens is 1. The van der Waals surface area contributed by atoms with Gasteiger partial charge in [0.2, 0.25) is 0 Å². The fraction of sp³-hybridized carbons (Fsp3) is 0.579. The smallest absolute Gasteiger partial charge is 0.0408 e. The SMILES string of the molecule is C=C(N)c1ccc2c(c1)N(CC1CCC1C/C=C\CC(C)NSCC1CCCC1)CC1(CCCc3cc(Cl)ccc31)CC2. The summed E-state index contributed by atoms with van der Waals surface area (Å²) in [6.07, 6.45) is 21.6. The van der Waals surface area contributed by atoms with Crippen LogP contribution in [0, 0.1) is 17.8 Å². The van der Waals surface area contributed by atoms with E-state index in [9.17, 15) is 0 Å². The Morgan fingerprint density at radius 3 is 2.67 bits per heavy atom. The van der Waals surface area contributed by atoms with E-state index in [0.717, 1.165) is 60.7 Å². The molecule has 4 atom stereocenters. The second-order valence-corrected chi connectivity index (χ2v) is 15.5. The maximum Gasteiger partial charge on any atom is 0.0408 e. The molecule has 2 aromatic carbocycles. The average molecular weight is 618 g/mol. The van der Waals surface area contributed by atoms with E-state index in [1.54, 1.807) is 5.56 Å². The molecule has 43 heavy (non-hydrogen) atoms. The number of nitrogens with two attached hydrogens (primary N) is 1. The molecule has 1 aliphatic heterocycles. The first-order valence-corrected chi connectivity index (χ1v) is 18.4. The van der Waals surface area contributed by atoms with Gasteiger partial charge in [0, 0.05) is 46.7 Å². The number of aryl methyl sites for hydroxylation is 2. The van der Waals surface area contributed by atoms with Gasteiger partial charge in [-0.1, -0.05) is 73.3 Å². The molecule has 3 N–H and O–H groups in total. The summed E-state index contributed by atoms with van der Waals surface area (Å²) >= 11 is 8.43. The number of fused-ring (bicyclic) bond motifs is 3. The van der Waals surface area contributed by atoms with Crippen molar-refractivity contribution in [1.29, 1.82) is 0 Å². The lowest BCUT2D eigenvalue weighted by molar-refractivity contribution is 0.179. The van der Waals surface area contributed by atoms with Crippen molar-refractivity contribution in [3.8, 4) is 0 Å². The van der Waals surface area contributed by atoms with Crippen LogP contribution in [0.5, 0.6) is 0 Å². The third-order valence-electron chi connectivity index (χ3n) is 11.1. The number of allylic oxidation sites excluding steroid dienone is 1. The summed E-state index contributed by atoms with van der Waals surface area (Å²) in [7, 11) is 0. The van der Waals surface area contributed by atoms with Crippen molar-refractivity contribution in [1.82, 2.24) is 4.72 Å². The van der Waals surface area contributed by atoms with E-state index in [1.165, 1.54) is 86.8 Å². The predicted octanol–water partition coefficient (Wildman–Crippen LogP) is 9.48. The van der Waals surface area contributed by atoms with Crippen LogP contribution in [0.25, 0.3) is 5.70 Å². The highest BCUT2D eigenvalue weighted by Crippen LogP contribution is 2.47. The van der Waals surface area contributed by atoms with Crippen LogP contribution in [0.4, 0.5) is 5.69 Å². The highest BCUT2D eigenvalue weighted by atomic mass is 35.5. The van der Waals surface area contributed by atoms with E-state index in [-0.39, 0.29) is 5.41 Å². The van der Waals surface area contributed by atoms with E-state index in [1.807, 2.05) is 11.9 Å². The van der Waals surface area contributed by atoms with E-state index >= 15 is 0 Å². The van der Waals surface area contributed by atoms with Gasteiger partial charge in [0.05, 0.1) is 0 Å². The molecule has 1 heterocycles. The van der Waals surface area contributed by atoms with Crippen LogP contribution in [-0.4, -0.2) is 24.9 Å². The molecular weight excluding hydrogens is 566 g/mol. The molecule has 6 rings (SSSR count). The molecule has 0 aromatic heterocycles. The number of benzene rings is 2. The molecule has 232 valence electrons. The summed E-state index contributed by atoms with van der Waals surface area (Å²) in [4.78, 5) is 2.76. The lowest BCUT2D eigenvalue weighted by Crippen LogP contribution is -2.46. The number of hydrogen-bond acceptors (Lipinski definition) is 4. The summed E-state index contributed by atoms with van der Waals surface area (Å²) in [6.45, 7) is 8.60. The molecule has 2 fully saturated rings. The lowest BCUT2D eigenvalue weighted by Gasteiger charge is -2.45. The first-order chi connectivity index (χ1) is 20.9. The van der Waals surface area contributed by atoms with Gasteiger partial charge in [-0.15, -0.1) is 0 Å². The second kappa shape index (κ2) is 14.0. The highest BCUT2D eigenvalue weighted by molar-refractivity contribution is 7.97. The molecule has 1 spiro atoms. The summed E-state index contributed by atoms with van der Waals surface area (Å²) in [5, 5.41) is 0.869. The monoisotopic (exact) mass is 617 g/mol. The molecule has 0 bridgehead atoms. The van der Waals surface area contributed by atoms with Crippen LogP contribution >= 0.6 is 23.5 Å². The Morgan fingerprint density at radius 1 is 1.05 bits per heavy atom. The van der Waals surface area contributed by atoms with Gasteiger partial charge in [-0.2, -0.15) is 0 Å². The Kier molecular flexibility index (Phi) is 10.2. The van der Waals surface area contributed by atoms with Gasteiger partial charge >= 0.3 is 0 Å². The van der Waals surface area contributed by atoms with Gasteiger partial charge < -0.3 is 10.6 Å². The normalized spacial score (nSPS) is 26.2. The van der Waals surface area contributed by atoms with E-state index < -0.39 is 0 Å².